The number of halogens is 2. The third kappa shape index (κ3) is 7.08. The van der Waals surface area contributed by atoms with E-state index in [0.717, 1.165) is 18.4 Å². The molecule has 1 atom stereocenters. The number of hydrazine groups is 2. The number of benzene rings is 2. The molecule has 5 rings (SSSR count). The zero-order valence-corrected chi connectivity index (χ0v) is 23.6. The summed E-state index contributed by atoms with van der Waals surface area (Å²) in [5, 5.41) is 14.7. The number of aromatic nitrogens is 2. The number of aliphatic carboxylic acids is 1. The van der Waals surface area contributed by atoms with Crippen molar-refractivity contribution in [2.24, 2.45) is 5.92 Å². The summed E-state index contributed by atoms with van der Waals surface area (Å²) in [4.78, 5) is 42.8. The average Bonchev–Trinajstić information content (AvgIpc) is 3.39. The molecule has 214 valence electrons. The van der Waals surface area contributed by atoms with E-state index in [9.17, 15) is 14.4 Å². The van der Waals surface area contributed by atoms with Crippen molar-refractivity contribution >= 4 is 40.8 Å². The minimum absolute atomic E-state index is 0.0794. The molecular formula is C29H30Cl2N6O4. The van der Waals surface area contributed by atoms with Crippen molar-refractivity contribution in [2.45, 2.75) is 50.6 Å². The van der Waals surface area contributed by atoms with Gasteiger partial charge in [-0.05, 0) is 55.4 Å². The zero-order chi connectivity index (χ0) is 28.9. The van der Waals surface area contributed by atoms with Crippen molar-refractivity contribution in [1.29, 1.82) is 0 Å². The van der Waals surface area contributed by atoms with Crippen molar-refractivity contribution in [1.82, 2.24) is 25.8 Å². The second kappa shape index (κ2) is 12.8. The lowest BCUT2D eigenvalue weighted by Gasteiger charge is -2.30. The predicted octanol–water partition coefficient (Wildman–Crippen LogP) is 4.36. The van der Waals surface area contributed by atoms with Gasteiger partial charge in [0.2, 0.25) is 5.91 Å². The number of carbonyl (C=O) groups excluding carboxylic acids is 1. The minimum atomic E-state index is -0.826. The monoisotopic (exact) mass is 596 g/mol. The van der Waals surface area contributed by atoms with Crippen LogP contribution in [0.25, 0.3) is 11.3 Å². The third-order valence-electron chi connectivity index (χ3n) is 7.43. The van der Waals surface area contributed by atoms with Crippen LogP contribution >= 0.6 is 23.2 Å². The van der Waals surface area contributed by atoms with Crippen LogP contribution in [0.5, 0.6) is 0 Å². The molecule has 3 aromatic rings. The second-order valence-corrected chi connectivity index (χ2v) is 11.1. The highest BCUT2D eigenvalue weighted by atomic mass is 35.5. The summed E-state index contributed by atoms with van der Waals surface area (Å²) in [7, 11) is 0. The van der Waals surface area contributed by atoms with Crippen LogP contribution < -0.4 is 26.8 Å². The van der Waals surface area contributed by atoms with E-state index < -0.39 is 12.0 Å². The summed E-state index contributed by atoms with van der Waals surface area (Å²) in [5.41, 5.74) is 7.87. The van der Waals surface area contributed by atoms with E-state index in [1.165, 1.54) is 17.0 Å². The third-order valence-corrected chi connectivity index (χ3v) is 7.86. The SMILES string of the molecule is O=C(O)CC1CCC(NC(=O)[C@H](Cc2ccccc2)n2cnc(-c3cc(Cl)ccc3N3C=C(Cl)NN3)cc2=O)CC1. The summed E-state index contributed by atoms with van der Waals surface area (Å²) in [6.07, 6.45) is 6.36. The molecule has 1 aliphatic carbocycles. The molecule has 1 fully saturated rings. The van der Waals surface area contributed by atoms with E-state index in [1.54, 1.807) is 29.4 Å². The van der Waals surface area contributed by atoms with Crippen LogP contribution in [0, 0.1) is 5.92 Å². The lowest BCUT2D eigenvalue weighted by Crippen LogP contribution is -2.44. The lowest BCUT2D eigenvalue weighted by molar-refractivity contribution is -0.138. The molecule has 2 aromatic carbocycles. The van der Waals surface area contributed by atoms with Crippen LogP contribution in [-0.4, -0.2) is 32.6 Å². The largest absolute Gasteiger partial charge is 0.481 e. The van der Waals surface area contributed by atoms with Crippen LogP contribution in [-0.2, 0) is 16.0 Å². The Morgan fingerprint density at radius 2 is 1.83 bits per heavy atom. The molecule has 4 N–H and O–H groups in total. The smallest absolute Gasteiger partial charge is 0.303 e. The van der Waals surface area contributed by atoms with Gasteiger partial charge >= 0.3 is 5.97 Å². The summed E-state index contributed by atoms with van der Waals surface area (Å²) in [6, 6.07) is 15.2. The first-order valence-electron chi connectivity index (χ1n) is 13.4. The van der Waals surface area contributed by atoms with Gasteiger partial charge in [0.25, 0.3) is 5.56 Å². The van der Waals surface area contributed by atoms with E-state index in [0.29, 0.717) is 46.4 Å². The molecule has 1 aromatic heterocycles. The topological polar surface area (TPSA) is 129 Å². The average molecular weight is 598 g/mol. The van der Waals surface area contributed by atoms with Crippen LogP contribution in [0.1, 0.15) is 43.7 Å². The Hall–Kier alpha value is -3.86. The molecule has 10 nitrogen and oxygen atoms in total. The highest BCUT2D eigenvalue weighted by Gasteiger charge is 2.29. The first-order valence-corrected chi connectivity index (χ1v) is 14.1. The molecule has 1 saturated carbocycles. The number of carboxylic acids is 1. The van der Waals surface area contributed by atoms with Crippen molar-refractivity contribution in [3.63, 3.8) is 0 Å². The maximum atomic E-state index is 13.6. The molecular weight excluding hydrogens is 567 g/mol. The van der Waals surface area contributed by atoms with Gasteiger partial charge in [-0.3, -0.25) is 29.4 Å². The molecule has 2 heterocycles. The summed E-state index contributed by atoms with van der Waals surface area (Å²) in [6.45, 7) is 0. The van der Waals surface area contributed by atoms with Crippen LogP contribution in [0.2, 0.25) is 5.02 Å². The Labute approximate surface area is 246 Å². The van der Waals surface area contributed by atoms with Crippen molar-refractivity contribution in [3.8, 4) is 11.3 Å². The molecule has 0 saturated heterocycles. The van der Waals surface area contributed by atoms with Gasteiger partial charge < -0.3 is 10.4 Å². The Morgan fingerprint density at radius 1 is 1.07 bits per heavy atom. The van der Waals surface area contributed by atoms with Gasteiger partial charge in [0.05, 0.1) is 23.9 Å². The van der Waals surface area contributed by atoms with Gasteiger partial charge in [0, 0.05) is 35.5 Å². The normalized spacial score (nSPS) is 19.3. The maximum Gasteiger partial charge on any atom is 0.303 e. The quantitative estimate of drug-likeness (QED) is 0.268. The first-order chi connectivity index (χ1) is 19.8. The number of amides is 1. The van der Waals surface area contributed by atoms with Crippen molar-refractivity contribution in [2.75, 3.05) is 5.01 Å². The minimum Gasteiger partial charge on any atom is -0.481 e. The fraction of sp³-hybridized carbons (Fsp3) is 0.310. The van der Waals surface area contributed by atoms with Gasteiger partial charge in [-0.1, -0.05) is 53.5 Å². The summed E-state index contributed by atoms with van der Waals surface area (Å²) >= 11 is 12.3. The number of rotatable bonds is 9. The molecule has 0 unspecified atom stereocenters. The zero-order valence-electron chi connectivity index (χ0n) is 22.1. The molecule has 41 heavy (non-hydrogen) atoms. The molecule has 1 aliphatic heterocycles. The highest BCUT2D eigenvalue weighted by Crippen LogP contribution is 2.33. The second-order valence-electron chi connectivity index (χ2n) is 10.3. The standard InChI is InChI=1S/C29H30Cl2N6O4/c30-20-8-11-24(37-16-26(31)34-35-37)22(14-20)23-15-27(38)36(17-32-23)25(12-18-4-2-1-3-5-18)29(41)33-21-9-6-19(7-10-21)13-28(39)40/h1-5,8,11,14-17,19,21,25,34-35H,6-7,9-10,12-13H2,(H,33,41)(H,39,40)/t19?,21?,25-/m0/s1. The van der Waals surface area contributed by atoms with E-state index in [-0.39, 0.29) is 29.8 Å². The number of nitrogens with zero attached hydrogens (tertiary/aromatic N) is 3. The first kappa shape index (κ1) is 28.7. The molecule has 2 aliphatic rings. The Bertz CT molecular complexity index is 1500. The van der Waals surface area contributed by atoms with Gasteiger partial charge in [-0.25, -0.2) is 4.98 Å². The fourth-order valence-electron chi connectivity index (χ4n) is 5.35. The number of hydrogen-bond donors (Lipinski definition) is 4. The van der Waals surface area contributed by atoms with Crippen LogP contribution in [0.4, 0.5) is 5.69 Å². The fourth-order valence-corrected chi connectivity index (χ4v) is 5.66. The van der Waals surface area contributed by atoms with E-state index in [4.69, 9.17) is 28.3 Å². The number of anilines is 1. The number of carbonyl (C=O) groups is 2. The van der Waals surface area contributed by atoms with Crippen LogP contribution in [0.3, 0.4) is 0 Å². The molecule has 1 amide bonds. The summed E-state index contributed by atoms with van der Waals surface area (Å²) < 4.78 is 1.36. The number of nitrogens with one attached hydrogen (secondary N) is 3. The van der Waals surface area contributed by atoms with Crippen molar-refractivity contribution < 1.29 is 14.7 Å². The van der Waals surface area contributed by atoms with E-state index in [2.05, 4.69) is 21.3 Å². The number of hydrogen-bond acceptors (Lipinski definition) is 7. The highest BCUT2D eigenvalue weighted by molar-refractivity contribution is 6.31. The van der Waals surface area contributed by atoms with E-state index >= 15 is 0 Å². The lowest BCUT2D eigenvalue weighted by atomic mass is 9.84. The maximum absolute atomic E-state index is 13.6. The van der Waals surface area contributed by atoms with Gasteiger partial charge in [0.15, 0.2) is 0 Å². The van der Waals surface area contributed by atoms with Gasteiger partial charge in [0.1, 0.15) is 11.2 Å². The van der Waals surface area contributed by atoms with Crippen molar-refractivity contribution in [3.05, 3.63) is 93.2 Å². The van der Waals surface area contributed by atoms with E-state index in [1.807, 2.05) is 30.3 Å². The Kier molecular flexibility index (Phi) is 8.92. The van der Waals surface area contributed by atoms with Gasteiger partial charge in [-0.2, -0.15) is 0 Å². The Balaban J connectivity index is 1.41. The van der Waals surface area contributed by atoms with Crippen LogP contribution in [0.15, 0.2) is 77.1 Å². The molecule has 0 bridgehead atoms. The number of carboxylic acid groups (broad SMARTS) is 1. The predicted molar refractivity (Wildman–Crippen MR) is 157 cm³/mol. The molecule has 0 spiro atoms. The Morgan fingerprint density at radius 3 is 2.49 bits per heavy atom. The molecule has 0 radical (unpaired) electrons. The van der Waals surface area contributed by atoms with Gasteiger partial charge in [-0.15, -0.1) is 5.53 Å². The molecule has 12 heteroatoms. The summed E-state index contributed by atoms with van der Waals surface area (Å²) in [5.74, 6) is -0.952.